The molecule has 0 bridgehead atoms. The van der Waals surface area contributed by atoms with Gasteiger partial charge in [0.05, 0.1) is 29.1 Å². The molecular formula is C34H25N3. The van der Waals surface area contributed by atoms with Gasteiger partial charge in [0, 0.05) is 27.8 Å². The molecule has 0 radical (unpaired) electrons. The summed E-state index contributed by atoms with van der Waals surface area (Å²) in [4.78, 5) is 5.02. The lowest BCUT2D eigenvalue weighted by Crippen LogP contribution is -2.13. The van der Waals surface area contributed by atoms with Crippen molar-refractivity contribution in [2.45, 2.75) is 6.54 Å². The minimum Gasteiger partial charge on any atom is -0.385 e. The van der Waals surface area contributed by atoms with Gasteiger partial charge in [0.15, 0.2) is 0 Å². The highest BCUT2D eigenvalue weighted by Gasteiger charge is 2.18. The van der Waals surface area contributed by atoms with Crippen molar-refractivity contribution < 1.29 is 0 Å². The lowest BCUT2D eigenvalue weighted by molar-refractivity contribution is 0.803. The Hall–Kier alpha value is -4.89. The molecule has 3 nitrogen and oxygen atoms in total. The van der Waals surface area contributed by atoms with Gasteiger partial charge >= 0.3 is 0 Å². The minimum absolute atomic E-state index is 0.813. The summed E-state index contributed by atoms with van der Waals surface area (Å²) in [6.07, 6.45) is 4.22. The van der Waals surface area contributed by atoms with Gasteiger partial charge in [0.25, 0.3) is 0 Å². The highest BCUT2D eigenvalue weighted by atomic mass is 15.0. The summed E-state index contributed by atoms with van der Waals surface area (Å²) in [6.45, 7) is 0.813. The van der Waals surface area contributed by atoms with Crippen molar-refractivity contribution in [2.24, 2.45) is 0 Å². The molecule has 0 saturated carbocycles. The van der Waals surface area contributed by atoms with Crippen molar-refractivity contribution in [1.29, 1.82) is 0 Å². The molecule has 0 amide bonds. The molecule has 4 aromatic carbocycles. The SMILES string of the molecule is C1=Cc2c(n(-c3ccc(-c4cc(-c5ccccc5)nc(-c5ccccc5)c4)cc3)c3ccccc23)CN1. The van der Waals surface area contributed by atoms with E-state index in [0.29, 0.717) is 0 Å². The van der Waals surface area contributed by atoms with Crippen LogP contribution < -0.4 is 5.32 Å². The standard InChI is InChI=1S/C34H25N3/c1-3-9-25(10-4-1)31-21-27(22-32(36-31)26-11-5-2-6-12-26)24-15-17-28(18-16-24)37-33-14-8-7-13-29(33)30-19-20-35-23-34(30)37/h1-22,35H,23H2. The molecule has 3 heterocycles. The third-order valence-corrected chi connectivity index (χ3v) is 7.08. The van der Waals surface area contributed by atoms with Crippen LogP contribution in [0, 0.1) is 0 Å². The summed E-state index contributed by atoms with van der Waals surface area (Å²) >= 11 is 0. The van der Waals surface area contributed by atoms with Gasteiger partial charge in [-0.3, -0.25) is 0 Å². The summed E-state index contributed by atoms with van der Waals surface area (Å²) in [5.74, 6) is 0. The van der Waals surface area contributed by atoms with Gasteiger partial charge in [-0.05, 0) is 53.7 Å². The Morgan fingerprint density at radius 1 is 0.595 bits per heavy atom. The third-order valence-electron chi connectivity index (χ3n) is 7.08. The fraction of sp³-hybridized carbons (Fsp3) is 0.0294. The molecule has 0 saturated heterocycles. The van der Waals surface area contributed by atoms with E-state index in [9.17, 15) is 0 Å². The summed E-state index contributed by atoms with van der Waals surface area (Å²) in [7, 11) is 0. The van der Waals surface area contributed by atoms with Crippen LogP contribution in [0.1, 0.15) is 11.3 Å². The molecule has 37 heavy (non-hydrogen) atoms. The van der Waals surface area contributed by atoms with Crippen LogP contribution in [-0.4, -0.2) is 9.55 Å². The molecule has 2 aromatic heterocycles. The number of nitrogens with one attached hydrogen (secondary N) is 1. The van der Waals surface area contributed by atoms with E-state index in [1.807, 2.05) is 18.3 Å². The Bertz CT molecular complexity index is 1690. The number of hydrogen-bond acceptors (Lipinski definition) is 2. The van der Waals surface area contributed by atoms with Crippen LogP contribution in [0.25, 0.3) is 56.3 Å². The predicted molar refractivity (Wildman–Crippen MR) is 153 cm³/mol. The van der Waals surface area contributed by atoms with Crippen LogP contribution in [0.3, 0.4) is 0 Å². The Morgan fingerprint density at radius 2 is 1.22 bits per heavy atom. The van der Waals surface area contributed by atoms with E-state index in [0.717, 1.165) is 34.6 Å². The second kappa shape index (κ2) is 8.96. The summed E-state index contributed by atoms with van der Waals surface area (Å²) in [5, 5.41) is 4.67. The Labute approximate surface area is 216 Å². The smallest absolute Gasteiger partial charge is 0.0715 e. The lowest BCUT2D eigenvalue weighted by atomic mass is 10.00. The molecule has 6 aromatic rings. The first kappa shape index (κ1) is 21.4. The van der Waals surface area contributed by atoms with Crippen molar-refractivity contribution in [2.75, 3.05) is 0 Å². The average Bonchev–Trinajstić information content (AvgIpc) is 3.32. The van der Waals surface area contributed by atoms with Gasteiger partial charge in [-0.1, -0.05) is 91.0 Å². The first-order chi connectivity index (χ1) is 18.3. The van der Waals surface area contributed by atoms with Gasteiger partial charge in [0.1, 0.15) is 0 Å². The number of nitrogens with zero attached hydrogens (tertiary/aromatic N) is 2. The van der Waals surface area contributed by atoms with E-state index in [1.165, 1.54) is 33.4 Å². The van der Waals surface area contributed by atoms with Crippen molar-refractivity contribution in [3.8, 4) is 39.3 Å². The van der Waals surface area contributed by atoms with Gasteiger partial charge in [0.2, 0.25) is 0 Å². The minimum atomic E-state index is 0.813. The molecule has 176 valence electrons. The molecule has 3 heteroatoms. The Balaban J connectivity index is 1.35. The van der Waals surface area contributed by atoms with E-state index in [2.05, 4.69) is 125 Å². The van der Waals surface area contributed by atoms with Gasteiger partial charge in [-0.15, -0.1) is 0 Å². The fourth-order valence-corrected chi connectivity index (χ4v) is 5.28. The number of benzene rings is 4. The first-order valence-corrected chi connectivity index (χ1v) is 12.6. The van der Waals surface area contributed by atoms with Crippen LogP contribution in [0.5, 0.6) is 0 Å². The number of hydrogen-bond donors (Lipinski definition) is 1. The lowest BCUT2D eigenvalue weighted by Gasteiger charge is -2.15. The largest absolute Gasteiger partial charge is 0.385 e. The molecule has 1 aliphatic rings. The molecular weight excluding hydrogens is 450 g/mol. The monoisotopic (exact) mass is 475 g/mol. The van der Waals surface area contributed by atoms with Crippen molar-refractivity contribution >= 4 is 17.0 Å². The molecule has 0 spiro atoms. The maximum atomic E-state index is 5.02. The number of pyridine rings is 1. The van der Waals surface area contributed by atoms with Gasteiger partial charge in [-0.25, -0.2) is 4.98 Å². The van der Waals surface area contributed by atoms with Crippen LogP contribution in [0.4, 0.5) is 0 Å². The quantitative estimate of drug-likeness (QED) is 0.279. The highest BCUT2D eigenvalue weighted by Crippen LogP contribution is 2.34. The zero-order valence-electron chi connectivity index (χ0n) is 20.3. The molecule has 1 aliphatic heterocycles. The predicted octanol–water partition coefficient (Wildman–Crippen LogP) is 8.10. The first-order valence-electron chi connectivity index (χ1n) is 12.6. The second-order valence-electron chi connectivity index (χ2n) is 9.33. The maximum absolute atomic E-state index is 5.02. The van der Waals surface area contributed by atoms with Gasteiger partial charge in [-0.2, -0.15) is 0 Å². The fourth-order valence-electron chi connectivity index (χ4n) is 5.28. The molecule has 0 aliphatic carbocycles. The van der Waals surface area contributed by atoms with E-state index < -0.39 is 0 Å². The number of fused-ring (bicyclic) bond motifs is 3. The van der Waals surface area contributed by atoms with Crippen molar-refractivity contribution in [3.63, 3.8) is 0 Å². The number of para-hydroxylation sites is 1. The maximum Gasteiger partial charge on any atom is 0.0715 e. The Kier molecular flexibility index (Phi) is 5.18. The zero-order valence-corrected chi connectivity index (χ0v) is 20.3. The summed E-state index contributed by atoms with van der Waals surface area (Å²) in [5.41, 5.74) is 11.5. The van der Waals surface area contributed by atoms with E-state index in [1.54, 1.807) is 0 Å². The molecule has 0 atom stereocenters. The number of aromatic nitrogens is 2. The average molecular weight is 476 g/mol. The molecule has 0 unspecified atom stereocenters. The van der Waals surface area contributed by atoms with Crippen LogP contribution in [0.15, 0.2) is 128 Å². The second-order valence-corrected chi connectivity index (χ2v) is 9.33. The summed E-state index contributed by atoms with van der Waals surface area (Å²) < 4.78 is 2.38. The highest BCUT2D eigenvalue weighted by molar-refractivity contribution is 5.93. The van der Waals surface area contributed by atoms with E-state index in [4.69, 9.17) is 4.98 Å². The van der Waals surface area contributed by atoms with E-state index in [-0.39, 0.29) is 0 Å². The van der Waals surface area contributed by atoms with Crippen LogP contribution >= 0.6 is 0 Å². The van der Waals surface area contributed by atoms with Gasteiger partial charge < -0.3 is 9.88 Å². The van der Waals surface area contributed by atoms with Crippen molar-refractivity contribution in [1.82, 2.24) is 14.9 Å². The molecule has 7 rings (SSSR count). The zero-order chi connectivity index (χ0) is 24.6. The normalized spacial score (nSPS) is 12.3. The van der Waals surface area contributed by atoms with Crippen molar-refractivity contribution in [3.05, 3.63) is 139 Å². The number of rotatable bonds is 4. The Morgan fingerprint density at radius 3 is 1.89 bits per heavy atom. The molecule has 1 N–H and O–H groups in total. The van der Waals surface area contributed by atoms with E-state index >= 15 is 0 Å². The topological polar surface area (TPSA) is 29.9 Å². The third kappa shape index (κ3) is 3.82. The van der Waals surface area contributed by atoms with Crippen LogP contribution in [-0.2, 0) is 6.54 Å². The van der Waals surface area contributed by atoms with Crippen LogP contribution in [0.2, 0.25) is 0 Å². The summed E-state index contributed by atoms with van der Waals surface area (Å²) in [6, 6.07) is 42.7. The molecule has 0 fully saturated rings.